The van der Waals surface area contributed by atoms with Crippen LogP contribution in [0.2, 0.25) is 0 Å². The number of nitrogens with one attached hydrogen (secondary N) is 1. The van der Waals surface area contributed by atoms with Crippen LogP contribution in [0, 0.1) is 0 Å². The molecule has 2 aromatic rings. The molecular weight excluding hydrogens is 344 g/mol. The number of para-hydroxylation sites is 1. The van der Waals surface area contributed by atoms with Gasteiger partial charge in [0.05, 0.1) is 0 Å². The Morgan fingerprint density at radius 1 is 1.25 bits per heavy atom. The molecule has 0 saturated heterocycles. The summed E-state index contributed by atoms with van der Waals surface area (Å²) >= 11 is 1.96. The molecule has 0 atom stereocenters. The van der Waals surface area contributed by atoms with E-state index in [9.17, 15) is 4.79 Å². The van der Waals surface area contributed by atoms with Gasteiger partial charge < -0.3 is 15.5 Å². The Morgan fingerprint density at radius 2 is 2.00 bits per heavy atom. The van der Waals surface area contributed by atoms with E-state index in [1.165, 1.54) is 32.1 Å². The maximum Gasteiger partial charge on any atom is 0.287 e. The van der Waals surface area contributed by atoms with E-state index < -0.39 is 0 Å². The first-order chi connectivity index (χ1) is 11.3. The van der Waals surface area contributed by atoms with Crippen molar-refractivity contribution in [3.8, 4) is 0 Å². The topological polar surface area (TPSA) is 68.3 Å². The van der Waals surface area contributed by atoms with Crippen LogP contribution >= 0.6 is 24.2 Å². The van der Waals surface area contributed by atoms with Crippen molar-refractivity contribution in [1.29, 1.82) is 0 Å². The zero-order valence-electron chi connectivity index (χ0n) is 13.8. The van der Waals surface area contributed by atoms with Gasteiger partial charge in [-0.15, -0.1) is 12.4 Å². The summed E-state index contributed by atoms with van der Waals surface area (Å²) in [6.07, 6.45) is 6.59. The monoisotopic (exact) mass is 368 g/mol. The number of carbonyl (C=O) groups excluding carboxylic acids is 1. The summed E-state index contributed by atoms with van der Waals surface area (Å²) in [5, 5.41) is 4.58. The molecule has 3 N–H and O–H groups in total. The Morgan fingerprint density at radius 3 is 2.75 bits per heavy atom. The molecule has 4 nitrogen and oxygen atoms in total. The van der Waals surface area contributed by atoms with Gasteiger partial charge in [-0.05, 0) is 18.9 Å². The van der Waals surface area contributed by atoms with E-state index in [4.69, 9.17) is 10.2 Å². The first kappa shape index (κ1) is 19.2. The second kappa shape index (κ2) is 9.35. The third-order valence-corrected chi connectivity index (χ3v) is 5.75. The van der Waals surface area contributed by atoms with Crippen molar-refractivity contribution >= 4 is 41.0 Å². The molecule has 0 bridgehead atoms. The molecule has 0 spiro atoms. The smallest absolute Gasteiger partial charge is 0.287 e. The first-order valence-corrected chi connectivity index (χ1v) is 9.44. The van der Waals surface area contributed by atoms with Gasteiger partial charge in [-0.1, -0.05) is 37.5 Å². The van der Waals surface area contributed by atoms with Crippen molar-refractivity contribution in [1.82, 2.24) is 5.32 Å². The fourth-order valence-corrected chi connectivity index (χ4v) is 4.48. The normalized spacial score (nSPS) is 15.2. The summed E-state index contributed by atoms with van der Waals surface area (Å²) in [5.41, 5.74) is 7.28. The molecule has 3 rings (SSSR count). The highest BCUT2D eigenvalue weighted by Gasteiger charge is 2.22. The van der Waals surface area contributed by atoms with Gasteiger partial charge >= 0.3 is 0 Å². The van der Waals surface area contributed by atoms with E-state index >= 15 is 0 Å². The number of hydrogen-bond acceptors (Lipinski definition) is 4. The van der Waals surface area contributed by atoms with Crippen LogP contribution in [0.4, 0.5) is 0 Å². The Bertz CT molecular complexity index is 668. The number of furan rings is 1. The molecule has 1 aromatic heterocycles. The summed E-state index contributed by atoms with van der Waals surface area (Å²) < 4.78 is 5.83. The average molecular weight is 369 g/mol. The average Bonchev–Trinajstić information content (AvgIpc) is 2.97. The molecule has 1 amide bonds. The van der Waals surface area contributed by atoms with E-state index in [1.807, 2.05) is 36.0 Å². The molecule has 0 aliphatic heterocycles. The molecule has 1 saturated carbocycles. The van der Waals surface area contributed by atoms with Gasteiger partial charge in [-0.25, -0.2) is 0 Å². The van der Waals surface area contributed by atoms with E-state index in [0.29, 0.717) is 24.1 Å². The lowest BCUT2D eigenvalue weighted by atomic mass is 10.0. The Balaban J connectivity index is 0.00000208. The molecule has 1 aliphatic carbocycles. The van der Waals surface area contributed by atoms with Crippen LogP contribution in [0.3, 0.4) is 0 Å². The zero-order valence-corrected chi connectivity index (χ0v) is 15.4. The van der Waals surface area contributed by atoms with Gasteiger partial charge in [-0.3, -0.25) is 4.79 Å². The van der Waals surface area contributed by atoms with Crippen LogP contribution in [-0.4, -0.2) is 24.2 Å². The van der Waals surface area contributed by atoms with Crippen molar-refractivity contribution < 1.29 is 9.21 Å². The highest BCUT2D eigenvalue weighted by Crippen LogP contribution is 2.34. The van der Waals surface area contributed by atoms with Gasteiger partial charge in [0.1, 0.15) is 5.58 Å². The number of nitrogens with two attached hydrogens (primary N) is 1. The Kier molecular flexibility index (Phi) is 7.46. The molecule has 0 unspecified atom stereocenters. The largest absolute Gasteiger partial charge is 0.451 e. The standard InChI is InChI=1S/C18H24N2O2S.ClH/c19-10-11-20-18(21)17-15(12-23-13-6-2-1-3-7-13)14-8-4-5-9-16(14)22-17;/h4-5,8-9,13H,1-3,6-7,10-12,19H2,(H,20,21);1H. The maximum atomic E-state index is 12.4. The summed E-state index contributed by atoms with van der Waals surface area (Å²) in [6.45, 7) is 0.892. The summed E-state index contributed by atoms with van der Waals surface area (Å²) in [6, 6.07) is 7.89. The first-order valence-electron chi connectivity index (χ1n) is 8.40. The lowest BCUT2D eigenvalue weighted by Gasteiger charge is -2.20. The SMILES string of the molecule is Cl.NCCNC(=O)c1oc2ccccc2c1CSC1CCCCC1. The number of halogens is 1. The molecule has 1 fully saturated rings. The summed E-state index contributed by atoms with van der Waals surface area (Å²) in [4.78, 5) is 12.4. The number of benzene rings is 1. The fraction of sp³-hybridized carbons (Fsp3) is 0.500. The number of fused-ring (bicyclic) bond motifs is 1. The second-order valence-corrected chi connectivity index (χ2v) is 7.31. The molecule has 6 heteroatoms. The predicted octanol–water partition coefficient (Wildman–Crippen LogP) is 4.11. The highest BCUT2D eigenvalue weighted by atomic mass is 35.5. The summed E-state index contributed by atoms with van der Waals surface area (Å²) in [5.74, 6) is 1.11. The maximum absolute atomic E-state index is 12.4. The van der Waals surface area contributed by atoms with E-state index in [1.54, 1.807) is 0 Å². The molecule has 0 radical (unpaired) electrons. The van der Waals surface area contributed by atoms with Crippen LogP contribution in [0.15, 0.2) is 28.7 Å². The van der Waals surface area contributed by atoms with Gasteiger partial charge in [0.25, 0.3) is 5.91 Å². The number of amides is 1. The minimum Gasteiger partial charge on any atom is -0.451 e. The third-order valence-electron chi connectivity index (χ3n) is 4.35. The van der Waals surface area contributed by atoms with Crippen LogP contribution in [0.5, 0.6) is 0 Å². The minimum atomic E-state index is -0.161. The molecular formula is C18H25ClN2O2S. The van der Waals surface area contributed by atoms with Crippen molar-refractivity contribution in [2.75, 3.05) is 13.1 Å². The van der Waals surface area contributed by atoms with E-state index in [2.05, 4.69) is 5.32 Å². The quantitative estimate of drug-likeness (QED) is 0.805. The van der Waals surface area contributed by atoms with Crippen molar-refractivity contribution in [2.24, 2.45) is 5.73 Å². The van der Waals surface area contributed by atoms with Crippen LogP contribution in [0.25, 0.3) is 11.0 Å². The lowest BCUT2D eigenvalue weighted by Crippen LogP contribution is -2.29. The number of rotatable bonds is 6. The zero-order chi connectivity index (χ0) is 16.1. The van der Waals surface area contributed by atoms with Gasteiger partial charge in [-0.2, -0.15) is 11.8 Å². The van der Waals surface area contributed by atoms with Crippen molar-refractivity contribution in [3.05, 3.63) is 35.6 Å². The van der Waals surface area contributed by atoms with Crippen molar-refractivity contribution in [3.63, 3.8) is 0 Å². The van der Waals surface area contributed by atoms with E-state index in [-0.39, 0.29) is 18.3 Å². The number of thioether (sulfide) groups is 1. The van der Waals surface area contributed by atoms with E-state index in [0.717, 1.165) is 22.3 Å². The van der Waals surface area contributed by atoms with Gasteiger partial charge in [0.15, 0.2) is 5.76 Å². The third kappa shape index (κ3) is 4.47. The molecule has 24 heavy (non-hydrogen) atoms. The number of hydrogen-bond donors (Lipinski definition) is 2. The lowest BCUT2D eigenvalue weighted by molar-refractivity contribution is 0.0928. The Hall–Kier alpha value is -1.17. The summed E-state index contributed by atoms with van der Waals surface area (Å²) in [7, 11) is 0. The highest BCUT2D eigenvalue weighted by molar-refractivity contribution is 7.99. The molecule has 1 aliphatic rings. The van der Waals surface area contributed by atoms with Crippen LogP contribution in [0.1, 0.15) is 48.2 Å². The number of carbonyl (C=O) groups is 1. The molecule has 1 aromatic carbocycles. The van der Waals surface area contributed by atoms with Crippen molar-refractivity contribution in [2.45, 2.75) is 43.1 Å². The second-order valence-electron chi connectivity index (χ2n) is 6.02. The van der Waals surface area contributed by atoms with Gasteiger partial charge in [0.2, 0.25) is 0 Å². The fourth-order valence-electron chi connectivity index (χ4n) is 3.12. The molecule has 1 heterocycles. The van der Waals surface area contributed by atoms with Gasteiger partial charge in [0, 0.05) is 35.0 Å². The van der Waals surface area contributed by atoms with Crippen LogP contribution in [-0.2, 0) is 5.75 Å². The predicted molar refractivity (Wildman–Crippen MR) is 103 cm³/mol. The molecule has 132 valence electrons. The Labute approximate surface area is 153 Å². The minimum absolute atomic E-state index is 0. The van der Waals surface area contributed by atoms with Crippen LogP contribution < -0.4 is 11.1 Å².